The number of carboxylic acid groups (broad SMARTS) is 1. The number of hydrogen-bond acceptors (Lipinski definition) is 4. The van der Waals surface area contributed by atoms with Crippen molar-refractivity contribution in [2.24, 2.45) is 5.41 Å². The van der Waals surface area contributed by atoms with E-state index in [1.54, 1.807) is 32.6 Å². The minimum Gasteiger partial charge on any atom is -0.481 e. The summed E-state index contributed by atoms with van der Waals surface area (Å²) in [6.45, 7) is 8.86. The topological polar surface area (TPSA) is 99.1 Å². The maximum atomic E-state index is 12.4. The maximum absolute atomic E-state index is 12.4. The second kappa shape index (κ2) is 6.19. The van der Waals surface area contributed by atoms with Crippen LogP contribution in [0.4, 0.5) is 4.79 Å². The number of carbonyl (C=O) groups is 2. The number of morpholine rings is 1. The number of aliphatic hydroxyl groups excluding tert-OH is 1. The highest BCUT2D eigenvalue weighted by atomic mass is 16.5. The molecular weight excluding hydrogens is 276 g/mol. The van der Waals surface area contributed by atoms with Crippen LogP contribution >= 0.6 is 0 Å². The van der Waals surface area contributed by atoms with E-state index < -0.39 is 23.0 Å². The molecule has 1 aliphatic rings. The first-order valence-electron chi connectivity index (χ1n) is 7.07. The van der Waals surface area contributed by atoms with E-state index in [9.17, 15) is 14.7 Å². The molecule has 1 rings (SSSR count). The molecule has 2 amide bonds. The molecule has 7 nitrogen and oxygen atoms in total. The molecule has 122 valence electrons. The summed E-state index contributed by atoms with van der Waals surface area (Å²) in [5.41, 5.74) is -2.04. The monoisotopic (exact) mass is 302 g/mol. The molecule has 0 radical (unpaired) electrons. The van der Waals surface area contributed by atoms with Crippen LogP contribution in [0.3, 0.4) is 0 Å². The normalized spacial score (nSPS) is 23.8. The van der Waals surface area contributed by atoms with E-state index in [-0.39, 0.29) is 25.2 Å². The number of amides is 2. The van der Waals surface area contributed by atoms with Gasteiger partial charge in [-0.05, 0) is 34.6 Å². The first-order valence-corrected chi connectivity index (χ1v) is 7.07. The zero-order valence-electron chi connectivity index (χ0n) is 13.3. The van der Waals surface area contributed by atoms with Gasteiger partial charge in [0.15, 0.2) is 0 Å². The van der Waals surface area contributed by atoms with E-state index in [0.29, 0.717) is 6.61 Å². The van der Waals surface area contributed by atoms with E-state index in [0.717, 1.165) is 0 Å². The summed E-state index contributed by atoms with van der Waals surface area (Å²) in [5, 5.41) is 21.3. The molecule has 2 atom stereocenters. The molecular formula is C14H26N2O5. The molecule has 1 aliphatic heterocycles. The van der Waals surface area contributed by atoms with Gasteiger partial charge in [0.05, 0.1) is 42.9 Å². The molecule has 3 N–H and O–H groups in total. The van der Waals surface area contributed by atoms with E-state index in [4.69, 9.17) is 9.84 Å². The third kappa shape index (κ3) is 3.65. The molecule has 0 aliphatic carbocycles. The second-order valence-corrected chi connectivity index (χ2v) is 6.62. The molecule has 0 bridgehead atoms. The van der Waals surface area contributed by atoms with Gasteiger partial charge < -0.3 is 25.2 Å². The highest BCUT2D eigenvalue weighted by Crippen LogP contribution is 2.31. The Bertz CT molecular complexity index is 408. The van der Waals surface area contributed by atoms with Crippen molar-refractivity contribution in [3.63, 3.8) is 0 Å². The lowest BCUT2D eigenvalue weighted by atomic mass is 9.74. The smallest absolute Gasteiger partial charge is 0.318 e. The fraction of sp³-hybridized carbons (Fsp3) is 0.857. The molecule has 1 fully saturated rings. The van der Waals surface area contributed by atoms with Crippen LogP contribution in [0.25, 0.3) is 0 Å². The summed E-state index contributed by atoms with van der Waals surface area (Å²) in [5.74, 6) is -0.976. The summed E-state index contributed by atoms with van der Waals surface area (Å²) in [4.78, 5) is 25.4. The quantitative estimate of drug-likeness (QED) is 0.709. The van der Waals surface area contributed by atoms with E-state index in [1.165, 1.54) is 0 Å². The Morgan fingerprint density at radius 1 is 1.33 bits per heavy atom. The van der Waals surface area contributed by atoms with E-state index in [1.807, 2.05) is 6.92 Å². The van der Waals surface area contributed by atoms with Crippen LogP contribution < -0.4 is 5.32 Å². The van der Waals surface area contributed by atoms with Gasteiger partial charge in [-0.3, -0.25) is 4.79 Å². The number of urea groups is 1. The summed E-state index contributed by atoms with van der Waals surface area (Å²) in [7, 11) is 0. The van der Waals surface area contributed by atoms with E-state index >= 15 is 0 Å². The van der Waals surface area contributed by atoms with Gasteiger partial charge in [0.1, 0.15) is 0 Å². The van der Waals surface area contributed by atoms with Gasteiger partial charge in [-0.1, -0.05) is 0 Å². The van der Waals surface area contributed by atoms with Crippen LogP contribution in [0.15, 0.2) is 0 Å². The summed E-state index contributed by atoms with van der Waals surface area (Å²) in [6, 6.07) is -0.472. The number of hydrogen-bond donors (Lipinski definition) is 3. The highest BCUT2D eigenvalue weighted by molar-refractivity contribution is 5.80. The van der Waals surface area contributed by atoms with Crippen LogP contribution in [0, 0.1) is 5.41 Å². The van der Waals surface area contributed by atoms with Crippen LogP contribution in [-0.4, -0.2) is 64.6 Å². The van der Waals surface area contributed by atoms with Crippen molar-refractivity contribution < 1.29 is 24.5 Å². The number of nitrogens with zero attached hydrogens (tertiary/aromatic N) is 1. The average Bonchev–Trinajstić information content (AvgIpc) is 2.38. The summed E-state index contributed by atoms with van der Waals surface area (Å²) < 4.78 is 5.39. The van der Waals surface area contributed by atoms with E-state index in [2.05, 4.69) is 5.32 Å². The zero-order chi connectivity index (χ0) is 16.4. The Labute approximate surface area is 125 Å². The molecule has 2 unspecified atom stereocenters. The number of carbonyl (C=O) groups excluding carboxylic acids is 1. The predicted molar refractivity (Wildman–Crippen MR) is 77.0 cm³/mol. The summed E-state index contributed by atoms with van der Waals surface area (Å²) >= 11 is 0. The molecule has 0 aromatic rings. The Morgan fingerprint density at radius 2 is 1.90 bits per heavy atom. The first-order chi connectivity index (χ1) is 9.52. The standard InChI is InChI=1S/C14H26N2O5/c1-9-8-21-10(7-17)6-16(9)12(20)15-14(4,5)13(2,3)11(18)19/h9-10,17H,6-8H2,1-5H3,(H,15,20)(H,18,19). The lowest BCUT2D eigenvalue weighted by Gasteiger charge is -2.43. The zero-order valence-corrected chi connectivity index (χ0v) is 13.3. The van der Waals surface area contributed by atoms with Gasteiger partial charge >= 0.3 is 12.0 Å². The number of rotatable bonds is 4. The van der Waals surface area contributed by atoms with Crippen molar-refractivity contribution in [2.45, 2.75) is 52.3 Å². The molecule has 0 spiro atoms. The highest BCUT2D eigenvalue weighted by Gasteiger charge is 2.45. The number of ether oxygens (including phenoxy) is 1. The number of aliphatic carboxylic acids is 1. The van der Waals surface area contributed by atoms with Crippen molar-refractivity contribution in [3.05, 3.63) is 0 Å². The van der Waals surface area contributed by atoms with Crippen LogP contribution in [0.1, 0.15) is 34.6 Å². The maximum Gasteiger partial charge on any atom is 0.318 e. The van der Waals surface area contributed by atoms with Gasteiger partial charge in [0.25, 0.3) is 0 Å². The number of carboxylic acids is 1. The van der Waals surface area contributed by atoms with Crippen LogP contribution in [0.2, 0.25) is 0 Å². The van der Waals surface area contributed by atoms with Crippen molar-refractivity contribution in [1.29, 1.82) is 0 Å². The van der Waals surface area contributed by atoms with Crippen LogP contribution in [0.5, 0.6) is 0 Å². The fourth-order valence-corrected chi connectivity index (χ4v) is 1.97. The molecule has 21 heavy (non-hydrogen) atoms. The molecule has 7 heteroatoms. The summed E-state index contributed by atoms with van der Waals surface area (Å²) in [6.07, 6.45) is -0.400. The third-order valence-corrected chi connectivity index (χ3v) is 4.49. The molecule has 0 aromatic heterocycles. The van der Waals surface area contributed by atoms with Crippen molar-refractivity contribution in [1.82, 2.24) is 10.2 Å². The number of nitrogens with one attached hydrogen (secondary N) is 1. The van der Waals surface area contributed by atoms with Crippen molar-refractivity contribution in [2.75, 3.05) is 19.8 Å². The second-order valence-electron chi connectivity index (χ2n) is 6.62. The minimum absolute atomic E-state index is 0.128. The minimum atomic E-state index is -1.12. The SMILES string of the molecule is CC1COC(CO)CN1C(=O)NC(C)(C)C(C)(C)C(=O)O. The Balaban J connectivity index is 2.81. The molecule has 1 saturated heterocycles. The van der Waals surface area contributed by atoms with Crippen LogP contribution in [-0.2, 0) is 9.53 Å². The Hall–Kier alpha value is -1.34. The van der Waals surface area contributed by atoms with Crippen molar-refractivity contribution in [3.8, 4) is 0 Å². The Morgan fingerprint density at radius 3 is 2.38 bits per heavy atom. The Kier molecular flexibility index (Phi) is 5.22. The van der Waals surface area contributed by atoms with Gasteiger partial charge in [0, 0.05) is 0 Å². The molecule has 0 saturated carbocycles. The third-order valence-electron chi connectivity index (χ3n) is 4.49. The largest absolute Gasteiger partial charge is 0.481 e. The average molecular weight is 302 g/mol. The lowest BCUT2D eigenvalue weighted by Crippen LogP contribution is -2.63. The first kappa shape index (κ1) is 17.7. The van der Waals surface area contributed by atoms with Crippen molar-refractivity contribution >= 4 is 12.0 Å². The predicted octanol–water partition coefficient (Wildman–Crippen LogP) is 0.667. The van der Waals surface area contributed by atoms with Gasteiger partial charge in [-0.15, -0.1) is 0 Å². The number of aliphatic hydroxyl groups is 1. The lowest BCUT2D eigenvalue weighted by molar-refractivity contribution is -0.150. The van der Waals surface area contributed by atoms with Gasteiger partial charge in [0.2, 0.25) is 0 Å². The fourth-order valence-electron chi connectivity index (χ4n) is 1.97. The van der Waals surface area contributed by atoms with Gasteiger partial charge in [-0.2, -0.15) is 0 Å². The van der Waals surface area contributed by atoms with Gasteiger partial charge in [-0.25, -0.2) is 4.79 Å². The molecule has 1 heterocycles. The molecule has 0 aromatic carbocycles.